The van der Waals surface area contributed by atoms with Gasteiger partial charge in [-0.05, 0) is 24.6 Å². The fraction of sp³-hybridized carbons (Fsp3) is 0.312. The van der Waals surface area contributed by atoms with Gasteiger partial charge in [0.05, 0.1) is 0 Å². The normalized spacial score (nSPS) is 16.6. The standard InChI is InChI=1S/C16H19N3O/c1-18-8-10-19(11-9-18)16(20)14-6-7-15(17)13-5-3-2-4-12(13)14/h2-7H,8-11,17H2,1H3. The number of benzene rings is 2. The first kappa shape index (κ1) is 12.9. The molecule has 1 fully saturated rings. The van der Waals surface area contributed by atoms with Crippen molar-refractivity contribution in [1.29, 1.82) is 0 Å². The van der Waals surface area contributed by atoms with E-state index in [1.807, 2.05) is 41.3 Å². The second-order valence-electron chi connectivity index (χ2n) is 5.34. The molecule has 4 heteroatoms. The Balaban J connectivity index is 1.98. The number of hydrogen-bond acceptors (Lipinski definition) is 3. The predicted octanol–water partition coefficient (Wildman–Crippen LogP) is 1.81. The van der Waals surface area contributed by atoms with Crippen molar-refractivity contribution < 1.29 is 4.79 Å². The van der Waals surface area contributed by atoms with Crippen LogP contribution in [0.15, 0.2) is 36.4 Å². The molecule has 0 saturated carbocycles. The number of amides is 1. The molecular formula is C16H19N3O. The second kappa shape index (κ2) is 5.13. The van der Waals surface area contributed by atoms with Crippen LogP contribution in [0.1, 0.15) is 10.4 Å². The van der Waals surface area contributed by atoms with Crippen molar-refractivity contribution in [3.05, 3.63) is 42.0 Å². The van der Waals surface area contributed by atoms with Crippen LogP contribution in [0, 0.1) is 0 Å². The molecule has 1 saturated heterocycles. The van der Waals surface area contributed by atoms with Crippen molar-refractivity contribution in [3.8, 4) is 0 Å². The lowest BCUT2D eigenvalue weighted by Crippen LogP contribution is -2.47. The maximum atomic E-state index is 12.7. The van der Waals surface area contributed by atoms with Gasteiger partial charge < -0.3 is 15.5 Å². The highest BCUT2D eigenvalue weighted by molar-refractivity contribution is 6.10. The lowest BCUT2D eigenvalue weighted by molar-refractivity contribution is 0.0666. The molecule has 2 N–H and O–H groups in total. The molecule has 1 aliphatic rings. The number of nitrogen functional groups attached to an aromatic ring is 1. The first-order chi connectivity index (χ1) is 9.66. The second-order valence-corrected chi connectivity index (χ2v) is 5.34. The molecule has 1 amide bonds. The largest absolute Gasteiger partial charge is 0.398 e. The summed E-state index contributed by atoms with van der Waals surface area (Å²) in [6.07, 6.45) is 0. The molecule has 1 heterocycles. The van der Waals surface area contributed by atoms with Gasteiger partial charge in [0.2, 0.25) is 0 Å². The Bertz CT molecular complexity index is 645. The van der Waals surface area contributed by atoms with Gasteiger partial charge in [-0.15, -0.1) is 0 Å². The summed E-state index contributed by atoms with van der Waals surface area (Å²) in [6.45, 7) is 3.43. The molecular weight excluding hydrogens is 250 g/mol. The van der Waals surface area contributed by atoms with Crippen LogP contribution in [0.4, 0.5) is 5.69 Å². The van der Waals surface area contributed by atoms with E-state index in [0.717, 1.165) is 48.2 Å². The molecule has 4 nitrogen and oxygen atoms in total. The smallest absolute Gasteiger partial charge is 0.254 e. The summed E-state index contributed by atoms with van der Waals surface area (Å²) in [5.74, 6) is 0.106. The maximum absolute atomic E-state index is 12.7. The zero-order chi connectivity index (χ0) is 14.1. The summed E-state index contributed by atoms with van der Waals surface area (Å²) in [7, 11) is 2.08. The van der Waals surface area contributed by atoms with Crippen LogP contribution in [0.2, 0.25) is 0 Å². The van der Waals surface area contributed by atoms with Crippen molar-refractivity contribution >= 4 is 22.4 Å². The third-order valence-corrected chi connectivity index (χ3v) is 3.98. The van der Waals surface area contributed by atoms with Gasteiger partial charge in [0.1, 0.15) is 0 Å². The van der Waals surface area contributed by atoms with Gasteiger partial charge in [-0.2, -0.15) is 0 Å². The quantitative estimate of drug-likeness (QED) is 0.803. The zero-order valence-corrected chi connectivity index (χ0v) is 11.7. The number of carbonyl (C=O) groups excluding carboxylic acids is 1. The average Bonchev–Trinajstić information content (AvgIpc) is 2.48. The zero-order valence-electron chi connectivity index (χ0n) is 11.7. The average molecular weight is 269 g/mol. The Hall–Kier alpha value is -2.07. The summed E-state index contributed by atoms with van der Waals surface area (Å²) in [5, 5.41) is 1.89. The number of fused-ring (bicyclic) bond motifs is 1. The minimum absolute atomic E-state index is 0.106. The van der Waals surface area contributed by atoms with Gasteiger partial charge in [-0.1, -0.05) is 24.3 Å². The highest BCUT2D eigenvalue weighted by Crippen LogP contribution is 2.25. The van der Waals surface area contributed by atoms with Gasteiger partial charge in [0.15, 0.2) is 0 Å². The van der Waals surface area contributed by atoms with Crippen LogP contribution in [0.5, 0.6) is 0 Å². The highest BCUT2D eigenvalue weighted by Gasteiger charge is 2.21. The number of nitrogens with zero attached hydrogens (tertiary/aromatic N) is 2. The van der Waals surface area contributed by atoms with E-state index in [1.165, 1.54) is 0 Å². The third-order valence-electron chi connectivity index (χ3n) is 3.98. The molecule has 0 atom stereocenters. The van der Waals surface area contributed by atoms with Crippen molar-refractivity contribution in [1.82, 2.24) is 9.80 Å². The summed E-state index contributed by atoms with van der Waals surface area (Å²) >= 11 is 0. The van der Waals surface area contributed by atoms with Crippen molar-refractivity contribution in [2.45, 2.75) is 0 Å². The lowest BCUT2D eigenvalue weighted by Gasteiger charge is -2.32. The summed E-state index contributed by atoms with van der Waals surface area (Å²) < 4.78 is 0. The van der Waals surface area contributed by atoms with E-state index in [9.17, 15) is 4.79 Å². The number of likely N-dealkylation sites (N-methyl/N-ethyl adjacent to an activating group) is 1. The first-order valence-electron chi connectivity index (χ1n) is 6.92. The summed E-state index contributed by atoms with van der Waals surface area (Å²) in [4.78, 5) is 16.9. The van der Waals surface area contributed by atoms with Crippen LogP contribution >= 0.6 is 0 Å². The topological polar surface area (TPSA) is 49.6 Å². The van der Waals surface area contributed by atoms with Crippen LogP contribution in [-0.4, -0.2) is 48.9 Å². The minimum atomic E-state index is 0.106. The number of hydrogen-bond donors (Lipinski definition) is 1. The molecule has 20 heavy (non-hydrogen) atoms. The molecule has 3 rings (SSSR count). The molecule has 0 radical (unpaired) electrons. The third kappa shape index (κ3) is 2.23. The van der Waals surface area contributed by atoms with E-state index < -0.39 is 0 Å². The summed E-state index contributed by atoms with van der Waals surface area (Å²) in [5.41, 5.74) is 7.46. The van der Waals surface area contributed by atoms with Crippen LogP contribution in [0.3, 0.4) is 0 Å². The van der Waals surface area contributed by atoms with Crippen LogP contribution < -0.4 is 5.73 Å². The fourth-order valence-electron chi connectivity index (χ4n) is 2.69. The van der Waals surface area contributed by atoms with Gasteiger partial charge in [0.25, 0.3) is 5.91 Å². The Labute approximate surface area is 118 Å². The monoisotopic (exact) mass is 269 g/mol. The SMILES string of the molecule is CN1CCN(C(=O)c2ccc(N)c3ccccc23)CC1. The molecule has 0 spiro atoms. The van der Waals surface area contributed by atoms with Gasteiger partial charge >= 0.3 is 0 Å². The van der Waals surface area contributed by atoms with Gasteiger partial charge in [-0.3, -0.25) is 4.79 Å². The molecule has 2 aromatic carbocycles. The van der Waals surface area contributed by atoms with Gasteiger partial charge in [0, 0.05) is 42.8 Å². The lowest BCUT2D eigenvalue weighted by atomic mass is 10.0. The molecule has 0 aliphatic carbocycles. The Morgan fingerprint density at radius 1 is 1.00 bits per heavy atom. The highest BCUT2D eigenvalue weighted by atomic mass is 16.2. The molecule has 0 bridgehead atoms. The number of carbonyl (C=O) groups is 1. The van der Waals surface area contributed by atoms with Crippen molar-refractivity contribution in [3.63, 3.8) is 0 Å². The van der Waals surface area contributed by atoms with E-state index in [1.54, 1.807) is 0 Å². The van der Waals surface area contributed by atoms with E-state index in [0.29, 0.717) is 0 Å². The first-order valence-corrected chi connectivity index (χ1v) is 6.92. The molecule has 2 aromatic rings. The van der Waals surface area contributed by atoms with Crippen LogP contribution in [0.25, 0.3) is 10.8 Å². The molecule has 0 unspecified atom stereocenters. The van der Waals surface area contributed by atoms with E-state index in [2.05, 4.69) is 11.9 Å². The number of anilines is 1. The molecule has 1 aliphatic heterocycles. The number of rotatable bonds is 1. The van der Waals surface area contributed by atoms with E-state index in [4.69, 9.17) is 5.73 Å². The fourth-order valence-corrected chi connectivity index (χ4v) is 2.69. The maximum Gasteiger partial charge on any atom is 0.254 e. The Kier molecular flexibility index (Phi) is 3.32. The summed E-state index contributed by atoms with van der Waals surface area (Å²) in [6, 6.07) is 11.5. The van der Waals surface area contributed by atoms with Gasteiger partial charge in [-0.25, -0.2) is 0 Å². The Morgan fingerprint density at radius 2 is 1.65 bits per heavy atom. The Morgan fingerprint density at radius 3 is 2.35 bits per heavy atom. The van der Waals surface area contributed by atoms with Crippen molar-refractivity contribution in [2.24, 2.45) is 0 Å². The number of nitrogens with two attached hydrogens (primary N) is 1. The minimum Gasteiger partial charge on any atom is -0.398 e. The molecule has 104 valence electrons. The van der Waals surface area contributed by atoms with E-state index in [-0.39, 0.29) is 5.91 Å². The van der Waals surface area contributed by atoms with E-state index >= 15 is 0 Å². The molecule has 0 aromatic heterocycles. The predicted molar refractivity (Wildman–Crippen MR) is 81.8 cm³/mol. The van der Waals surface area contributed by atoms with Crippen molar-refractivity contribution in [2.75, 3.05) is 39.0 Å². The number of piperazine rings is 1. The van der Waals surface area contributed by atoms with Crippen LogP contribution in [-0.2, 0) is 0 Å².